The first-order chi connectivity index (χ1) is 9.02. The minimum Gasteiger partial charge on any atom is -0.508 e. The highest BCUT2D eigenvalue weighted by Gasteiger charge is 2.15. The second-order valence-corrected chi connectivity index (χ2v) is 4.66. The van der Waals surface area contributed by atoms with Gasteiger partial charge in [0.05, 0.1) is 12.1 Å². The molecule has 0 bridgehead atoms. The highest BCUT2D eigenvalue weighted by atomic mass is 16.3. The number of nitrogens with one attached hydrogen (secondary N) is 1. The Balaban J connectivity index is 2.38. The van der Waals surface area contributed by atoms with Crippen LogP contribution in [0.15, 0.2) is 24.3 Å². The van der Waals surface area contributed by atoms with Gasteiger partial charge in [0, 0.05) is 6.54 Å². The molecule has 2 atom stereocenters. The maximum atomic E-state index is 11.7. The first kappa shape index (κ1) is 15.5. The molecule has 5 N–H and O–H groups in total. The molecule has 0 saturated carbocycles. The largest absolute Gasteiger partial charge is 0.508 e. The van der Waals surface area contributed by atoms with Gasteiger partial charge in [0.1, 0.15) is 5.75 Å². The number of phenolic OH excluding ortho intramolecular Hbond substituents is 1. The van der Waals surface area contributed by atoms with Crippen molar-refractivity contribution in [3.05, 3.63) is 29.8 Å². The Labute approximate surface area is 113 Å². The summed E-state index contributed by atoms with van der Waals surface area (Å²) in [5.41, 5.74) is 6.68. The number of hydrogen-bond donors (Lipinski definition) is 4. The number of carbonyl (C=O) groups is 1. The Kier molecular flexibility index (Phi) is 6.32. The minimum absolute atomic E-state index is 0.185. The number of phenols is 1. The van der Waals surface area contributed by atoms with Crippen molar-refractivity contribution in [1.82, 2.24) is 5.32 Å². The normalized spacial score (nSPS) is 13.8. The van der Waals surface area contributed by atoms with Crippen molar-refractivity contribution in [2.75, 3.05) is 6.54 Å². The third-order valence-corrected chi connectivity index (χ3v) is 2.86. The van der Waals surface area contributed by atoms with Crippen LogP contribution in [0.25, 0.3) is 0 Å². The average Bonchev–Trinajstić information content (AvgIpc) is 2.39. The number of hydrogen-bond acceptors (Lipinski definition) is 4. The summed E-state index contributed by atoms with van der Waals surface area (Å²) in [6.45, 7) is 2.21. The molecule has 5 heteroatoms. The van der Waals surface area contributed by atoms with Crippen LogP contribution in [0.5, 0.6) is 5.75 Å². The molecule has 1 rings (SSSR count). The molecule has 19 heavy (non-hydrogen) atoms. The summed E-state index contributed by atoms with van der Waals surface area (Å²) in [7, 11) is 0. The van der Waals surface area contributed by atoms with Crippen LogP contribution >= 0.6 is 0 Å². The predicted octanol–water partition coefficient (Wildman–Crippen LogP) is 0.539. The minimum atomic E-state index is -0.654. The molecule has 0 aromatic heterocycles. The molecule has 0 fully saturated rings. The molecule has 0 spiro atoms. The zero-order valence-electron chi connectivity index (χ0n) is 11.2. The fourth-order valence-corrected chi connectivity index (χ4v) is 1.76. The summed E-state index contributed by atoms with van der Waals surface area (Å²) in [6.07, 6.45) is 1.41. The molecule has 0 aliphatic carbocycles. The fourth-order valence-electron chi connectivity index (χ4n) is 1.76. The fraction of sp³-hybridized carbons (Fsp3) is 0.500. The Morgan fingerprint density at radius 1 is 1.37 bits per heavy atom. The van der Waals surface area contributed by atoms with Crippen LogP contribution in [0.1, 0.15) is 25.3 Å². The number of aliphatic hydroxyl groups excluding tert-OH is 1. The lowest BCUT2D eigenvalue weighted by Crippen LogP contribution is -2.44. The molecule has 0 heterocycles. The van der Waals surface area contributed by atoms with E-state index in [-0.39, 0.29) is 18.2 Å². The van der Waals surface area contributed by atoms with Crippen molar-refractivity contribution in [2.24, 2.45) is 5.73 Å². The van der Waals surface area contributed by atoms with Gasteiger partial charge in [0.25, 0.3) is 0 Å². The van der Waals surface area contributed by atoms with Gasteiger partial charge < -0.3 is 21.3 Å². The van der Waals surface area contributed by atoms with Gasteiger partial charge in [-0.05, 0) is 30.5 Å². The molecule has 1 aromatic carbocycles. The van der Waals surface area contributed by atoms with Gasteiger partial charge in [-0.15, -0.1) is 0 Å². The van der Waals surface area contributed by atoms with E-state index in [2.05, 4.69) is 5.32 Å². The summed E-state index contributed by atoms with van der Waals surface area (Å²) in [5.74, 6) is -0.0901. The molecular formula is C14H22N2O3. The maximum absolute atomic E-state index is 11.7. The molecule has 0 aliphatic rings. The monoisotopic (exact) mass is 266 g/mol. The Morgan fingerprint density at radius 2 is 2.00 bits per heavy atom. The van der Waals surface area contributed by atoms with Crippen LogP contribution in [0.4, 0.5) is 0 Å². The molecular weight excluding hydrogens is 244 g/mol. The third-order valence-electron chi connectivity index (χ3n) is 2.86. The van der Waals surface area contributed by atoms with Crippen LogP contribution in [-0.2, 0) is 11.2 Å². The smallest absolute Gasteiger partial charge is 0.237 e. The van der Waals surface area contributed by atoms with Crippen LogP contribution in [0, 0.1) is 0 Å². The zero-order chi connectivity index (χ0) is 14.3. The van der Waals surface area contributed by atoms with Gasteiger partial charge in [-0.2, -0.15) is 0 Å². The lowest BCUT2D eigenvalue weighted by molar-refractivity contribution is -0.122. The van der Waals surface area contributed by atoms with Crippen LogP contribution < -0.4 is 11.1 Å². The van der Waals surface area contributed by atoms with Crippen LogP contribution in [0.2, 0.25) is 0 Å². The summed E-state index contributed by atoms with van der Waals surface area (Å²) >= 11 is 0. The number of benzene rings is 1. The Morgan fingerprint density at radius 3 is 2.58 bits per heavy atom. The van der Waals surface area contributed by atoms with Gasteiger partial charge in [0.2, 0.25) is 5.91 Å². The van der Waals surface area contributed by atoms with Crippen molar-refractivity contribution in [3.8, 4) is 5.75 Å². The first-order valence-corrected chi connectivity index (χ1v) is 6.52. The standard InChI is InChI=1S/C14H22N2O3/c1-2-3-12(18)9-16-14(19)13(15)8-10-4-6-11(17)7-5-10/h4-7,12-13,17-18H,2-3,8-9,15H2,1H3,(H,16,19)/t12?,13-/m0/s1. The van der Waals surface area contributed by atoms with E-state index in [9.17, 15) is 9.90 Å². The van der Waals surface area contributed by atoms with Crippen molar-refractivity contribution < 1.29 is 15.0 Å². The summed E-state index contributed by atoms with van der Waals surface area (Å²) in [4.78, 5) is 11.7. The highest BCUT2D eigenvalue weighted by molar-refractivity contribution is 5.81. The number of nitrogens with two attached hydrogens (primary N) is 1. The van der Waals surface area contributed by atoms with E-state index in [1.54, 1.807) is 24.3 Å². The molecule has 1 aromatic rings. The van der Waals surface area contributed by atoms with E-state index in [0.29, 0.717) is 12.8 Å². The van der Waals surface area contributed by atoms with Gasteiger partial charge in [-0.1, -0.05) is 25.5 Å². The molecule has 1 unspecified atom stereocenters. The Bertz CT molecular complexity index is 392. The number of aliphatic hydroxyl groups is 1. The van der Waals surface area contributed by atoms with Gasteiger partial charge in [-0.25, -0.2) is 0 Å². The van der Waals surface area contributed by atoms with Gasteiger partial charge >= 0.3 is 0 Å². The van der Waals surface area contributed by atoms with Crippen molar-refractivity contribution in [1.29, 1.82) is 0 Å². The molecule has 1 amide bonds. The molecule has 0 aliphatic heterocycles. The summed E-state index contributed by atoms with van der Waals surface area (Å²) < 4.78 is 0. The SMILES string of the molecule is CCCC(O)CNC(=O)[C@@H](N)Cc1ccc(O)cc1. The Hall–Kier alpha value is -1.59. The van der Waals surface area contributed by atoms with Gasteiger partial charge in [0.15, 0.2) is 0 Å². The van der Waals surface area contributed by atoms with Crippen molar-refractivity contribution in [2.45, 2.75) is 38.3 Å². The number of rotatable bonds is 7. The predicted molar refractivity (Wildman–Crippen MR) is 73.7 cm³/mol. The quantitative estimate of drug-likeness (QED) is 0.579. The van der Waals surface area contributed by atoms with Crippen LogP contribution in [0.3, 0.4) is 0 Å². The molecule has 0 radical (unpaired) electrons. The topological polar surface area (TPSA) is 95.6 Å². The maximum Gasteiger partial charge on any atom is 0.237 e. The van der Waals surface area contributed by atoms with Gasteiger partial charge in [-0.3, -0.25) is 4.79 Å². The van der Waals surface area contributed by atoms with E-state index in [1.165, 1.54) is 0 Å². The number of aromatic hydroxyl groups is 1. The lowest BCUT2D eigenvalue weighted by Gasteiger charge is -2.15. The van der Waals surface area contributed by atoms with Crippen molar-refractivity contribution >= 4 is 5.91 Å². The molecule has 106 valence electrons. The van der Waals surface area contributed by atoms with E-state index >= 15 is 0 Å². The van der Waals surface area contributed by atoms with E-state index in [4.69, 9.17) is 10.8 Å². The lowest BCUT2D eigenvalue weighted by atomic mass is 10.1. The average molecular weight is 266 g/mol. The number of carbonyl (C=O) groups excluding carboxylic acids is 1. The summed E-state index contributed by atoms with van der Waals surface area (Å²) in [5, 5.41) is 21.3. The zero-order valence-corrected chi connectivity index (χ0v) is 11.2. The van der Waals surface area contributed by atoms with E-state index in [1.807, 2.05) is 6.92 Å². The number of amides is 1. The molecule has 5 nitrogen and oxygen atoms in total. The van der Waals surface area contributed by atoms with E-state index < -0.39 is 12.1 Å². The first-order valence-electron chi connectivity index (χ1n) is 6.52. The summed E-state index contributed by atoms with van der Waals surface area (Å²) in [6, 6.07) is 5.93. The second-order valence-electron chi connectivity index (χ2n) is 4.66. The third kappa shape index (κ3) is 5.72. The van der Waals surface area contributed by atoms with E-state index in [0.717, 1.165) is 12.0 Å². The van der Waals surface area contributed by atoms with Crippen LogP contribution in [-0.4, -0.2) is 34.8 Å². The second kappa shape index (κ2) is 7.76. The highest BCUT2D eigenvalue weighted by Crippen LogP contribution is 2.10. The molecule has 0 saturated heterocycles. The van der Waals surface area contributed by atoms with Crippen molar-refractivity contribution in [3.63, 3.8) is 0 Å².